The molecule has 30 heavy (non-hydrogen) atoms. The first kappa shape index (κ1) is 19.5. The highest BCUT2D eigenvalue weighted by Gasteiger charge is 2.16. The van der Waals surface area contributed by atoms with Crippen LogP contribution in [-0.2, 0) is 4.79 Å². The number of para-hydroxylation sites is 2. The number of aromatic nitrogens is 2. The minimum absolute atomic E-state index is 0.0361. The summed E-state index contributed by atoms with van der Waals surface area (Å²) in [5.74, 6) is 0.111. The number of carbonyl (C=O) groups is 2. The summed E-state index contributed by atoms with van der Waals surface area (Å²) < 4.78 is 10.7. The van der Waals surface area contributed by atoms with Gasteiger partial charge in [0, 0.05) is 5.69 Å². The topological polar surface area (TPSA) is 110 Å². The number of nitrogens with zero attached hydrogens (tertiary/aromatic N) is 2. The number of benzene rings is 2. The van der Waals surface area contributed by atoms with Gasteiger partial charge < -0.3 is 19.5 Å². The Morgan fingerprint density at radius 2 is 1.70 bits per heavy atom. The van der Waals surface area contributed by atoms with E-state index in [-0.39, 0.29) is 28.7 Å². The normalized spacial score (nSPS) is 10.5. The Morgan fingerprint density at radius 1 is 0.900 bits per heavy atom. The van der Waals surface area contributed by atoms with E-state index in [1.165, 1.54) is 6.26 Å². The minimum Gasteiger partial charge on any atom is -0.459 e. The molecule has 150 valence electrons. The minimum atomic E-state index is -0.315. The maximum absolute atomic E-state index is 12.6. The highest BCUT2D eigenvalue weighted by atomic mass is 32.2. The third kappa shape index (κ3) is 4.76. The molecule has 2 N–H and O–H groups in total. The summed E-state index contributed by atoms with van der Waals surface area (Å²) in [5.41, 5.74) is 1.44. The SMILES string of the molecule is O=C(CSc1nnc(-c2ccco2)o1)Nc1ccccc1C(=O)Nc1ccccc1. The van der Waals surface area contributed by atoms with Gasteiger partial charge in [-0.1, -0.05) is 42.1 Å². The van der Waals surface area contributed by atoms with E-state index in [2.05, 4.69) is 20.8 Å². The Hall–Kier alpha value is -3.85. The van der Waals surface area contributed by atoms with Gasteiger partial charge in [-0.3, -0.25) is 9.59 Å². The van der Waals surface area contributed by atoms with Crippen LogP contribution in [0, 0.1) is 0 Å². The maximum atomic E-state index is 12.6. The average molecular weight is 420 g/mol. The van der Waals surface area contributed by atoms with Gasteiger partial charge in [0.05, 0.1) is 23.3 Å². The third-order valence-electron chi connectivity index (χ3n) is 3.94. The number of anilines is 2. The number of hydrogen-bond donors (Lipinski definition) is 2. The molecule has 0 saturated carbocycles. The van der Waals surface area contributed by atoms with E-state index in [1.54, 1.807) is 48.5 Å². The van der Waals surface area contributed by atoms with E-state index in [9.17, 15) is 9.59 Å². The fourth-order valence-electron chi connectivity index (χ4n) is 2.59. The van der Waals surface area contributed by atoms with Crippen molar-refractivity contribution in [3.05, 3.63) is 78.6 Å². The van der Waals surface area contributed by atoms with Gasteiger partial charge in [0.25, 0.3) is 17.0 Å². The van der Waals surface area contributed by atoms with Gasteiger partial charge in [-0.25, -0.2) is 0 Å². The average Bonchev–Trinajstić information content (AvgIpc) is 3.45. The fourth-order valence-corrected chi connectivity index (χ4v) is 3.15. The lowest BCUT2D eigenvalue weighted by atomic mass is 10.1. The number of rotatable bonds is 7. The molecule has 0 bridgehead atoms. The summed E-state index contributed by atoms with van der Waals surface area (Å²) in [6.45, 7) is 0. The second-order valence-corrected chi connectivity index (χ2v) is 6.98. The Bertz CT molecular complexity index is 1140. The lowest BCUT2D eigenvalue weighted by Gasteiger charge is -2.11. The van der Waals surface area contributed by atoms with Crippen LogP contribution in [0.25, 0.3) is 11.7 Å². The predicted octanol–water partition coefficient (Wildman–Crippen LogP) is 4.31. The molecule has 4 aromatic rings. The van der Waals surface area contributed by atoms with E-state index >= 15 is 0 Å². The molecule has 0 aliphatic rings. The van der Waals surface area contributed by atoms with Gasteiger partial charge in [0.2, 0.25) is 5.91 Å². The molecule has 2 heterocycles. The summed E-state index contributed by atoms with van der Waals surface area (Å²) in [7, 11) is 0. The second kappa shape index (κ2) is 9.10. The van der Waals surface area contributed by atoms with Crippen molar-refractivity contribution in [2.45, 2.75) is 5.22 Å². The van der Waals surface area contributed by atoms with Crippen LogP contribution in [0.4, 0.5) is 11.4 Å². The Labute approximate surface area is 175 Å². The van der Waals surface area contributed by atoms with Gasteiger partial charge in [-0.15, -0.1) is 10.2 Å². The number of hydrogen-bond acceptors (Lipinski definition) is 7. The molecule has 2 amide bonds. The van der Waals surface area contributed by atoms with Crippen molar-refractivity contribution < 1.29 is 18.4 Å². The lowest BCUT2D eigenvalue weighted by molar-refractivity contribution is -0.113. The molecule has 2 aromatic heterocycles. The van der Waals surface area contributed by atoms with E-state index in [0.717, 1.165) is 11.8 Å². The number of thioether (sulfide) groups is 1. The number of nitrogens with one attached hydrogen (secondary N) is 2. The van der Waals surface area contributed by atoms with Crippen LogP contribution in [0.2, 0.25) is 0 Å². The quantitative estimate of drug-likeness (QED) is 0.429. The van der Waals surface area contributed by atoms with Crippen LogP contribution in [0.5, 0.6) is 0 Å². The van der Waals surface area contributed by atoms with Crippen LogP contribution in [-0.4, -0.2) is 27.8 Å². The number of amides is 2. The molecule has 0 radical (unpaired) electrons. The smallest absolute Gasteiger partial charge is 0.284 e. The maximum Gasteiger partial charge on any atom is 0.284 e. The standard InChI is InChI=1S/C21H16N4O4S/c26-18(13-30-21-25-24-20(29-21)17-11-6-12-28-17)23-16-10-5-4-9-15(16)19(27)22-14-7-2-1-3-8-14/h1-12H,13H2,(H,22,27)(H,23,26). The monoisotopic (exact) mass is 420 g/mol. The van der Waals surface area contributed by atoms with Crippen molar-refractivity contribution in [3.8, 4) is 11.7 Å². The van der Waals surface area contributed by atoms with Crippen LogP contribution in [0.3, 0.4) is 0 Å². The van der Waals surface area contributed by atoms with E-state index in [4.69, 9.17) is 8.83 Å². The van der Waals surface area contributed by atoms with E-state index in [0.29, 0.717) is 22.7 Å². The van der Waals surface area contributed by atoms with Gasteiger partial charge in [0.1, 0.15) is 0 Å². The Kier molecular flexibility index (Phi) is 5.90. The van der Waals surface area contributed by atoms with Crippen LogP contribution >= 0.6 is 11.8 Å². The Balaban J connectivity index is 1.37. The first-order valence-electron chi connectivity index (χ1n) is 8.94. The zero-order valence-electron chi connectivity index (χ0n) is 15.6. The lowest BCUT2D eigenvalue weighted by Crippen LogP contribution is -2.19. The highest BCUT2D eigenvalue weighted by Crippen LogP contribution is 2.24. The third-order valence-corrected chi connectivity index (χ3v) is 4.76. The zero-order chi connectivity index (χ0) is 20.8. The zero-order valence-corrected chi connectivity index (χ0v) is 16.4. The molecule has 0 atom stereocenters. The first-order chi connectivity index (χ1) is 14.7. The molecular formula is C21H16N4O4S. The van der Waals surface area contributed by atoms with Gasteiger partial charge >= 0.3 is 0 Å². The van der Waals surface area contributed by atoms with Crippen molar-refractivity contribution in [2.24, 2.45) is 0 Å². The summed E-state index contributed by atoms with van der Waals surface area (Å²) >= 11 is 1.09. The molecule has 4 rings (SSSR count). The summed E-state index contributed by atoms with van der Waals surface area (Å²) in [5, 5.41) is 13.6. The van der Waals surface area contributed by atoms with Crippen LogP contribution in [0.15, 0.2) is 87.1 Å². The molecule has 0 fully saturated rings. The second-order valence-electron chi connectivity index (χ2n) is 6.05. The molecule has 0 aliphatic carbocycles. The molecule has 0 unspecified atom stereocenters. The van der Waals surface area contributed by atoms with Crippen LogP contribution < -0.4 is 10.6 Å². The summed E-state index contributed by atoms with van der Waals surface area (Å²) in [6.07, 6.45) is 1.51. The van der Waals surface area contributed by atoms with Crippen LogP contribution in [0.1, 0.15) is 10.4 Å². The van der Waals surface area contributed by atoms with Crippen molar-refractivity contribution in [2.75, 3.05) is 16.4 Å². The van der Waals surface area contributed by atoms with Gasteiger partial charge in [-0.05, 0) is 36.4 Å². The Morgan fingerprint density at radius 3 is 2.50 bits per heavy atom. The number of carbonyl (C=O) groups excluding carboxylic acids is 2. The van der Waals surface area contributed by atoms with E-state index in [1.807, 2.05) is 18.2 Å². The van der Waals surface area contributed by atoms with Crippen molar-refractivity contribution >= 4 is 35.0 Å². The summed E-state index contributed by atoms with van der Waals surface area (Å²) in [4.78, 5) is 25.0. The molecule has 8 nitrogen and oxygen atoms in total. The number of furan rings is 1. The molecular weight excluding hydrogens is 404 g/mol. The predicted molar refractivity (Wildman–Crippen MR) is 112 cm³/mol. The largest absolute Gasteiger partial charge is 0.459 e. The van der Waals surface area contributed by atoms with E-state index < -0.39 is 0 Å². The molecule has 9 heteroatoms. The van der Waals surface area contributed by atoms with Gasteiger partial charge in [0.15, 0.2) is 5.76 Å². The van der Waals surface area contributed by atoms with Crippen molar-refractivity contribution in [1.82, 2.24) is 10.2 Å². The van der Waals surface area contributed by atoms with Crippen molar-refractivity contribution in [3.63, 3.8) is 0 Å². The summed E-state index contributed by atoms with van der Waals surface area (Å²) in [6, 6.07) is 19.3. The van der Waals surface area contributed by atoms with Gasteiger partial charge in [-0.2, -0.15) is 0 Å². The molecule has 0 spiro atoms. The first-order valence-corrected chi connectivity index (χ1v) is 9.93. The van der Waals surface area contributed by atoms with Crippen molar-refractivity contribution in [1.29, 1.82) is 0 Å². The molecule has 0 aliphatic heterocycles. The highest BCUT2D eigenvalue weighted by molar-refractivity contribution is 7.99. The molecule has 2 aromatic carbocycles. The molecule has 0 saturated heterocycles. The fraction of sp³-hybridized carbons (Fsp3) is 0.0476.